The van der Waals surface area contributed by atoms with Gasteiger partial charge in [-0.3, -0.25) is 14.4 Å². The summed E-state index contributed by atoms with van der Waals surface area (Å²) in [5.74, 6) is 0.00191. The van der Waals surface area contributed by atoms with Gasteiger partial charge in [0, 0.05) is 37.9 Å². The Balaban J connectivity index is 0.00000182. The molecule has 3 rings (SSSR count). The summed E-state index contributed by atoms with van der Waals surface area (Å²) < 4.78 is 1.71. The molecule has 1 aromatic carbocycles. The number of likely N-dealkylation sites (N-methyl/N-ethyl adjacent to an activating group) is 1. The number of aromatic nitrogens is 2. The van der Waals surface area contributed by atoms with E-state index in [0.717, 1.165) is 25.1 Å². The molecule has 2 unspecified atom stereocenters. The predicted octanol–water partition coefficient (Wildman–Crippen LogP) is 2.31. The van der Waals surface area contributed by atoms with Crippen molar-refractivity contribution in [1.29, 1.82) is 0 Å². The zero-order valence-corrected chi connectivity index (χ0v) is 17.4. The first-order chi connectivity index (χ1) is 12.2. The number of nitrogens with one attached hydrogen (secondary N) is 2. The third kappa shape index (κ3) is 6.21. The summed E-state index contributed by atoms with van der Waals surface area (Å²) in [5, 5.41) is 10.4. The molecule has 0 bridgehead atoms. The standard InChI is InChI=1S/C19H27N5O.2ClH/c1-20-18(16-11-22-23(2)14-16)19(25)21-12-17-9-6-10-24(17)13-15-7-4-3-5-8-15;;/h3-5,7-8,11,14,17-18,20H,6,9-10,12-13H2,1-2H3,(H,21,25);2*1H. The van der Waals surface area contributed by atoms with Gasteiger partial charge in [-0.1, -0.05) is 30.3 Å². The number of halogens is 2. The maximum atomic E-state index is 12.6. The topological polar surface area (TPSA) is 62.2 Å². The lowest BCUT2D eigenvalue weighted by atomic mass is 10.1. The fourth-order valence-corrected chi connectivity index (χ4v) is 3.51. The smallest absolute Gasteiger partial charge is 0.241 e. The zero-order chi connectivity index (χ0) is 17.6. The molecule has 0 radical (unpaired) electrons. The van der Waals surface area contributed by atoms with E-state index in [1.807, 2.05) is 19.3 Å². The summed E-state index contributed by atoms with van der Waals surface area (Å²) in [6, 6.07) is 10.6. The second-order valence-electron chi connectivity index (χ2n) is 6.67. The molecule has 2 heterocycles. The third-order valence-corrected chi connectivity index (χ3v) is 4.85. The molecule has 0 spiro atoms. The molecule has 0 aliphatic carbocycles. The molecular weight excluding hydrogens is 385 g/mol. The fourth-order valence-electron chi connectivity index (χ4n) is 3.51. The van der Waals surface area contributed by atoms with E-state index in [4.69, 9.17) is 0 Å². The Morgan fingerprint density at radius 3 is 2.67 bits per heavy atom. The number of carbonyl (C=O) groups is 1. The molecule has 0 saturated carbocycles. The zero-order valence-electron chi connectivity index (χ0n) is 15.8. The van der Waals surface area contributed by atoms with Gasteiger partial charge in [0.15, 0.2) is 0 Å². The lowest BCUT2D eigenvalue weighted by Gasteiger charge is -2.25. The van der Waals surface area contributed by atoms with Crippen LogP contribution in [0.3, 0.4) is 0 Å². The lowest BCUT2D eigenvalue weighted by Crippen LogP contribution is -2.43. The Hall–Kier alpha value is -1.60. The quantitative estimate of drug-likeness (QED) is 0.730. The Bertz CT molecular complexity index is 694. The molecule has 150 valence electrons. The van der Waals surface area contributed by atoms with Crippen LogP contribution >= 0.6 is 24.8 Å². The highest BCUT2D eigenvalue weighted by atomic mass is 35.5. The van der Waals surface area contributed by atoms with Crippen LogP contribution in [0.4, 0.5) is 0 Å². The number of benzene rings is 1. The molecule has 1 aliphatic rings. The lowest BCUT2D eigenvalue weighted by molar-refractivity contribution is -0.123. The van der Waals surface area contributed by atoms with Gasteiger partial charge >= 0.3 is 0 Å². The molecule has 2 N–H and O–H groups in total. The van der Waals surface area contributed by atoms with Crippen LogP contribution in [0.1, 0.15) is 30.0 Å². The first kappa shape index (κ1) is 23.4. The minimum absolute atomic E-state index is 0. The number of aryl methyl sites for hydroxylation is 1. The summed E-state index contributed by atoms with van der Waals surface area (Å²) in [6.45, 7) is 2.72. The number of nitrogens with zero attached hydrogens (tertiary/aromatic N) is 3. The van der Waals surface area contributed by atoms with Crippen molar-refractivity contribution < 1.29 is 4.79 Å². The summed E-state index contributed by atoms with van der Waals surface area (Å²) in [6.07, 6.45) is 5.92. The van der Waals surface area contributed by atoms with Crippen molar-refractivity contribution in [1.82, 2.24) is 25.3 Å². The van der Waals surface area contributed by atoms with Crippen LogP contribution in [0.15, 0.2) is 42.7 Å². The van der Waals surface area contributed by atoms with Gasteiger partial charge in [0.25, 0.3) is 0 Å². The average Bonchev–Trinajstić information content (AvgIpc) is 3.24. The summed E-state index contributed by atoms with van der Waals surface area (Å²) in [5.41, 5.74) is 2.21. The molecule has 27 heavy (non-hydrogen) atoms. The number of hydrogen-bond acceptors (Lipinski definition) is 4. The van der Waals surface area contributed by atoms with Crippen molar-refractivity contribution in [3.63, 3.8) is 0 Å². The van der Waals surface area contributed by atoms with Crippen LogP contribution in [0.5, 0.6) is 0 Å². The van der Waals surface area contributed by atoms with Gasteiger partial charge in [-0.2, -0.15) is 5.10 Å². The van der Waals surface area contributed by atoms with Gasteiger partial charge in [-0.15, -0.1) is 24.8 Å². The number of hydrogen-bond donors (Lipinski definition) is 2. The van der Waals surface area contributed by atoms with Crippen LogP contribution in [-0.2, 0) is 18.4 Å². The van der Waals surface area contributed by atoms with E-state index in [0.29, 0.717) is 12.6 Å². The number of carbonyl (C=O) groups excluding carboxylic acids is 1. The van der Waals surface area contributed by atoms with Gasteiger partial charge in [-0.25, -0.2) is 0 Å². The van der Waals surface area contributed by atoms with E-state index in [-0.39, 0.29) is 36.8 Å². The average molecular weight is 414 g/mol. The Morgan fingerprint density at radius 1 is 1.30 bits per heavy atom. The Labute approximate surface area is 173 Å². The molecule has 2 atom stereocenters. The van der Waals surface area contributed by atoms with Gasteiger partial charge in [-0.05, 0) is 32.0 Å². The Morgan fingerprint density at radius 2 is 2.04 bits per heavy atom. The van der Waals surface area contributed by atoms with Gasteiger partial charge in [0.2, 0.25) is 5.91 Å². The van der Waals surface area contributed by atoms with E-state index >= 15 is 0 Å². The molecule has 2 aromatic rings. The van der Waals surface area contributed by atoms with Gasteiger partial charge < -0.3 is 10.6 Å². The van der Waals surface area contributed by atoms with E-state index in [2.05, 4.69) is 44.9 Å². The van der Waals surface area contributed by atoms with Crippen molar-refractivity contribution in [2.45, 2.75) is 31.5 Å². The summed E-state index contributed by atoms with van der Waals surface area (Å²) in [4.78, 5) is 15.0. The van der Waals surface area contributed by atoms with E-state index < -0.39 is 0 Å². The molecule has 1 aromatic heterocycles. The summed E-state index contributed by atoms with van der Waals surface area (Å²) in [7, 11) is 3.66. The predicted molar refractivity (Wildman–Crippen MR) is 112 cm³/mol. The van der Waals surface area contributed by atoms with Crippen LogP contribution in [0.2, 0.25) is 0 Å². The number of likely N-dealkylation sites (tertiary alicyclic amines) is 1. The molecule has 1 aliphatic heterocycles. The first-order valence-corrected chi connectivity index (χ1v) is 8.89. The van der Waals surface area contributed by atoms with Crippen LogP contribution in [0.25, 0.3) is 0 Å². The second kappa shape index (κ2) is 11.3. The molecule has 1 fully saturated rings. The highest BCUT2D eigenvalue weighted by molar-refractivity contribution is 5.85. The van der Waals surface area contributed by atoms with E-state index in [1.54, 1.807) is 17.9 Å². The second-order valence-corrected chi connectivity index (χ2v) is 6.67. The molecule has 1 amide bonds. The minimum atomic E-state index is -0.363. The number of amides is 1. The molecule has 8 heteroatoms. The maximum Gasteiger partial charge on any atom is 0.241 e. The van der Waals surface area contributed by atoms with Crippen molar-refractivity contribution in [3.8, 4) is 0 Å². The van der Waals surface area contributed by atoms with Crippen molar-refractivity contribution in [2.24, 2.45) is 7.05 Å². The van der Waals surface area contributed by atoms with Crippen molar-refractivity contribution >= 4 is 30.7 Å². The fraction of sp³-hybridized carbons (Fsp3) is 0.474. The minimum Gasteiger partial charge on any atom is -0.353 e. The highest BCUT2D eigenvalue weighted by Gasteiger charge is 2.26. The maximum absolute atomic E-state index is 12.6. The molecule has 6 nitrogen and oxygen atoms in total. The largest absolute Gasteiger partial charge is 0.353 e. The van der Waals surface area contributed by atoms with Gasteiger partial charge in [0.1, 0.15) is 6.04 Å². The molecule has 1 saturated heterocycles. The normalized spacial score (nSPS) is 17.6. The van der Waals surface area contributed by atoms with E-state index in [1.165, 1.54) is 12.0 Å². The van der Waals surface area contributed by atoms with Crippen molar-refractivity contribution in [2.75, 3.05) is 20.1 Å². The van der Waals surface area contributed by atoms with Crippen LogP contribution < -0.4 is 10.6 Å². The SMILES string of the molecule is CNC(C(=O)NCC1CCCN1Cc1ccccc1)c1cnn(C)c1.Cl.Cl. The molecular formula is C19H29Cl2N5O. The highest BCUT2D eigenvalue weighted by Crippen LogP contribution is 2.20. The van der Waals surface area contributed by atoms with Crippen LogP contribution in [-0.4, -0.2) is 46.8 Å². The first-order valence-electron chi connectivity index (χ1n) is 8.89. The van der Waals surface area contributed by atoms with Gasteiger partial charge in [0.05, 0.1) is 6.20 Å². The third-order valence-electron chi connectivity index (χ3n) is 4.85. The number of rotatable bonds is 7. The van der Waals surface area contributed by atoms with Crippen LogP contribution in [0, 0.1) is 0 Å². The summed E-state index contributed by atoms with van der Waals surface area (Å²) >= 11 is 0. The Kier molecular flexibility index (Phi) is 9.80. The van der Waals surface area contributed by atoms with Crippen molar-refractivity contribution in [3.05, 3.63) is 53.9 Å². The monoisotopic (exact) mass is 413 g/mol. The van der Waals surface area contributed by atoms with E-state index in [9.17, 15) is 4.79 Å².